The number of hydrogen-bond acceptors (Lipinski definition) is 4. The van der Waals surface area contributed by atoms with Gasteiger partial charge in [-0.1, -0.05) is 23.8 Å². The van der Waals surface area contributed by atoms with Crippen molar-refractivity contribution in [2.75, 3.05) is 19.6 Å². The first-order valence-electron chi connectivity index (χ1n) is 8.02. The highest BCUT2D eigenvalue weighted by molar-refractivity contribution is 5.85. The number of rotatable bonds is 5. The molecule has 0 bridgehead atoms. The standard InChI is InChI=1S/C17H20N4O3.ClH/c22-15(19-11-12-5-8-18-9-6-12)7-10-21-14-4-2-1-3-13(14)16(23)20-17(21)24;/h1-5,18H,6-11H2,(H,19,22)(H,20,23,24);1H. The number of aromatic nitrogens is 2. The lowest BCUT2D eigenvalue weighted by Crippen LogP contribution is -2.33. The Hall–Kier alpha value is -2.38. The maximum atomic E-state index is 12.0. The summed E-state index contributed by atoms with van der Waals surface area (Å²) in [5.74, 6) is -0.114. The van der Waals surface area contributed by atoms with Crippen LogP contribution in [0.25, 0.3) is 10.9 Å². The van der Waals surface area contributed by atoms with Gasteiger partial charge in [0.1, 0.15) is 0 Å². The Kier molecular flexibility index (Phi) is 6.55. The average molecular weight is 365 g/mol. The Bertz CT molecular complexity index is 901. The second-order valence-corrected chi connectivity index (χ2v) is 5.77. The molecule has 2 heterocycles. The van der Waals surface area contributed by atoms with Crippen LogP contribution in [0.5, 0.6) is 0 Å². The van der Waals surface area contributed by atoms with E-state index in [0.29, 0.717) is 17.4 Å². The predicted molar refractivity (Wildman–Crippen MR) is 99.3 cm³/mol. The third-order valence-corrected chi connectivity index (χ3v) is 4.14. The Balaban J connectivity index is 0.00000225. The van der Waals surface area contributed by atoms with Crippen molar-refractivity contribution in [2.45, 2.75) is 19.4 Å². The number of aromatic amines is 1. The fourth-order valence-corrected chi connectivity index (χ4v) is 2.81. The van der Waals surface area contributed by atoms with E-state index in [2.05, 4.69) is 21.7 Å². The lowest BCUT2D eigenvalue weighted by atomic mass is 10.1. The highest BCUT2D eigenvalue weighted by atomic mass is 35.5. The van der Waals surface area contributed by atoms with Gasteiger partial charge < -0.3 is 10.6 Å². The van der Waals surface area contributed by atoms with Gasteiger partial charge >= 0.3 is 5.69 Å². The Morgan fingerprint density at radius 2 is 2.04 bits per heavy atom. The van der Waals surface area contributed by atoms with E-state index in [1.165, 1.54) is 10.1 Å². The molecular formula is C17H21ClN4O3. The molecule has 1 aliphatic rings. The second-order valence-electron chi connectivity index (χ2n) is 5.77. The van der Waals surface area contributed by atoms with Crippen molar-refractivity contribution >= 4 is 29.2 Å². The van der Waals surface area contributed by atoms with Gasteiger partial charge in [0.05, 0.1) is 10.9 Å². The normalized spacial score (nSPS) is 13.8. The minimum atomic E-state index is -0.493. The van der Waals surface area contributed by atoms with Gasteiger partial charge in [0, 0.05) is 26.1 Å². The molecule has 0 radical (unpaired) electrons. The van der Waals surface area contributed by atoms with E-state index in [4.69, 9.17) is 0 Å². The van der Waals surface area contributed by atoms with Crippen LogP contribution in [0.3, 0.4) is 0 Å². The molecule has 1 amide bonds. The Morgan fingerprint density at radius 3 is 2.80 bits per heavy atom. The number of benzene rings is 1. The van der Waals surface area contributed by atoms with E-state index in [0.717, 1.165) is 19.5 Å². The van der Waals surface area contributed by atoms with E-state index in [-0.39, 0.29) is 31.3 Å². The molecule has 1 aromatic carbocycles. The van der Waals surface area contributed by atoms with E-state index >= 15 is 0 Å². The first-order chi connectivity index (χ1) is 11.6. The summed E-state index contributed by atoms with van der Waals surface area (Å²) in [6, 6.07) is 6.88. The van der Waals surface area contributed by atoms with Gasteiger partial charge in [0.15, 0.2) is 0 Å². The van der Waals surface area contributed by atoms with Crippen LogP contribution in [0.1, 0.15) is 12.8 Å². The van der Waals surface area contributed by atoms with E-state index in [9.17, 15) is 14.4 Å². The third-order valence-electron chi connectivity index (χ3n) is 4.14. The topological polar surface area (TPSA) is 96.0 Å². The monoisotopic (exact) mass is 364 g/mol. The SMILES string of the molecule is Cl.O=C(CCn1c(=O)[nH]c(=O)c2ccccc21)NCC1=CCNCC1. The second kappa shape index (κ2) is 8.64. The maximum Gasteiger partial charge on any atom is 0.328 e. The van der Waals surface area contributed by atoms with Gasteiger partial charge in [-0.3, -0.25) is 19.1 Å². The molecule has 3 N–H and O–H groups in total. The van der Waals surface area contributed by atoms with Crippen LogP contribution in [0.4, 0.5) is 0 Å². The summed E-state index contributed by atoms with van der Waals surface area (Å²) < 4.78 is 1.43. The van der Waals surface area contributed by atoms with Gasteiger partial charge in [0.25, 0.3) is 5.56 Å². The van der Waals surface area contributed by atoms with Crippen LogP contribution >= 0.6 is 12.4 Å². The number of amides is 1. The fraction of sp³-hybridized carbons (Fsp3) is 0.353. The molecule has 0 fully saturated rings. The number of hydrogen-bond donors (Lipinski definition) is 3. The van der Waals surface area contributed by atoms with E-state index in [1.807, 2.05) is 0 Å². The van der Waals surface area contributed by atoms with Crippen molar-refractivity contribution in [3.05, 3.63) is 56.8 Å². The van der Waals surface area contributed by atoms with Crippen LogP contribution in [-0.4, -0.2) is 35.1 Å². The van der Waals surface area contributed by atoms with E-state index < -0.39 is 11.2 Å². The summed E-state index contributed by atoms with van der Waals surface area (Å²) in [4.78, 5) is 38.2. The minimum Gasteiger partial charge on any atom is -0.352 e. The summed E-state index contributed by atoms with van der Waals surface area (Å²) in [7, 11) is 0. The first kappa shape index (κ1) is 19.0. The molecule has 2 aromatic rings. The number of carbonyl (C=O) groups is 1. The van der Waals surface area contributed by atoms with Crippen molar-refractivity contribution in [3.8, 4) is 0 Å². The number of H-pyrrole nitrogens is 1. The zero-order chi connectivity index (χ0) is 16.9. The van der Waals surface area contributed by atoms with Gasteiger partial charge in [-0.2, -0.15) is 0 Å². The Morgan fingerprint density at radius 1 is 1.24 bits per heavy atom. The summed E-state index contributed by atoms with van der Waals surface area (Å²) >= 11 is 0. The molecule has 0 saturated carbocycles. The molecule has 0 spiro atoms. The smallest absolute Gasteiger partial charge is 0.328 e. The molecule has 7 nitrogen and oxygen atoms in total. The zero-order valence-electron chi connectivity index (χ0n) is 13.7. The van der Waals surface area contributed by atoms with Crippen LogP contribution in [0.2, 0.25) is 0 Å². The molecule has 1 aliphatic heterocycles. The molecule has 25 heavy (non-hydrogen) atoms. The largest absolute Gasteiger partial charge is 0.352 e. The van der Waals surface area contributed by atoms with Crippen molar-refractivity contribution in [3.63, 3.8) is 0 Å². The van der Waals surface area contributed by atoms with Crippen LogP contribution in [0.15, 0.2) is 45.5 Å². The first-order valence-corrected chi connectivity index (χ1v) is 8.02. The molecular weight excluding hydrogens is 344 g/mol. The molecule has 8 heteroatoms. The number of nitrogens with one attached hydrogen (secondary N) is 3. The highest BCUT2D eigenvalue weighted by Crippen LogP contribution is 2.07. The number of fused-ring (bicyclic) bond motifs is 1. The van der Waals surface area contributed by atoms with Crippen LogP contribution < -0.4 is 21.9 Å². The number of carbonyl (C=O) groups excluding carboxylic acids is 1. The van der Waals surface area contributed by atoms with Gasteiger partial charge in [-0.05, 0) is 25.1 Å². The predicted octanol–water partition coefficient (Wildman–Crippen LogP) is 0.538. The third kappa shape index (κ3) is 4.58. The number of aryl methyl sites for hydroxylation is 1. The fourth-order valence-electron chi connectivity index (χ4n) is 2.81. The van der Waals surface area contributed by atoms with Crippen LogP contribution in [0, 0.1) is 0 Å². The summed E-state index contributed by atoms with van der Waals surface area (Å²) in [6.07, 6.45) is 3.20. The molecule has 0 atom stereocenters. The lowest BCUT2D eigenvalue weighted by Gasteiger charge is -2.15. The molecule has 3 rings (SSSR count). The highest BCUT2D eigenvalue weighted by Gasteiger charge is 2.10. The summed E-state index contributed by atoms with van der Waals surface area (Å²) in [5, 5.41) is 6.54. The van der Waals surface area contributed by atoms with Gasteiger partial charge in [0.2, 0.25) is 5.91 Å². The molecule has 134 valence electrons. The Labute approximate surface area is 150 Å². The molecule has 0 saturated heterocycles. The van der Waals surface area contributed by atoms with Crippen molar-refractivity contribution in [2.24, 2.45) is 0 Å². The summed E-state index contributed by atoms with van der Waals surface area (Å²) in [5.41, 5.74) is 0.857. The van der Waals surface area contributed by atoms with Gasteiger partial charge in [-0.15, -0.1) is 12.4 Å². The van der Waals surface area contributed by atoms with E-state index in [1.54, 1.807) is 24.3 Å². The quantitative estimate of drug-likeness (QED) is 0.675. The molecule has 0 unspecified atom stereocenters. The number of nitrogens with zero attached hydrogens (tertiary/aromatic N) is 1. The maximum absolute atomic E-state index is 12.0. The number of halogens is 1. The zero-order valence-corrected chi connectivity index (χ0v) is 14.5. The van der Waals surface area contributed by atoms with Crippen LogP contribution in [-0.2, 0) is 11.3 Å². The van der Waals surface area contributed by atoms with Crippen molar-refractivity contribution < 1.29 is 4.79 Å². The van der Waals surface area contributed by atoms with Crippen molar-refractivity contribution in [1.82, 2.24) is 20.2 Å². The van der Waals surface area contributed by atoms with Gasteiger partial charge in [-0.25, -0.2) is 4.79 Å². The molecule has 0 aliphatic carbocycles. The van der Waals surface area contributed by atoms with Crippen molar-refractivity contribution in [1.29, 1.82) is 0 Å². The minimum absolute atomic E-state index is 0. The lowest BCUT2D eigenvalue weighted by molar-refractivity contribution is -0.121. The average Bonchev–Trinajstić information content (AvgIpc) is 2.60. The number of para-hydroxylation sites is 1. The summed E-state index contributed by atoms with van der Waals surface area (Å²) in [6.45, 7) is 2.54. The molecule has 1 aromatic heterocycles.